The number of fused-ring (bicyclic) bond motifs is 1. The number of anilines is 1. The molecule has 0 aliphatic heterocycles. The van der Waals surface area contributed by atoms with E-state index in [1.54, 1.807) is 6.92 Å². The Kier molecular flexibility index (Phi) is 9.09. The lowest BCUT2D eigenvalue weighted by molar-refractivity contribution is -0.189. The van der Waals surface area contributed by atoms with Crippen molar-refractivity contribution >= 4 is 34.7 Å². The van der Waals surface area contributed by atoms with E-state index in [1.165, 1.54) is 24.2 Å². The zero-order chi connectivity index (χ0) is 29.8. The molecule has 0 bridgehead atoms. The number of pyridine rings is 1. The van der Waals surface area contributed by atoms with Gasteiger partial charge in [-0.15, -0.1) is 0 Å². The zero-order valence-corrected chi connectivity index (χ0v) is 21.2. The third-order valence-electron chi connectivity index (χ3n) is 5.57. The van der Waals surface area contributed by atoms with Crippen LogP contribution in [0.4, 0.5) is 27.6 Å². The highest BCUT2D eigenvalue weighted by molar-refractivity contribution is 5.96. The van der Waals surface area contributed by atoms with E-state index < -0.39 is 59.4 Å². The molecule has 0 saturated heterocycles. The van der Waals surface area contributed by atoms with Gasteiger partial charge in [0.2, 0.25) is 18.0 Å². The summed E-state index contributed by atoms with van der Waals surface area (Å²) in [7, 11) is 1.40. The van der Waals surface area contributed by atoms with Gasteiger partial charge in [0, 0.05) is 25.9 Å². The van der Waals surface area contributed by atoms with Crippen molar-refractivity contribution in [2.24, 2.45) is 5.10 Å². The van der Waals surface area contributed by atoms with Crippen molar-refractivity contribution in [3.63, 3.8) is 0 Å². The van der Waals surface area contributed by atoms with Crippen molar-refractivity contribution in [3.8, 4) is 17.4 Å². The van der Waals surface area contributed by atoms with Gasteiger partial charge in [0.25, 0.3) is 0 Å². The van der Waals surface area contributed by atoms with Gasteiger partial charge in [0.1, 0.15) is 12.4 Å². The number of carboxylic acid groups (broad SMARTS) is 1. The van der Waals surface area contributed by atoms with Gasteiger partial charge in [-0.1, -0.05) is 0 Å². The Morgan fingerprint density at radius 2 is 1.85 bits per heavy atom. The summed E-state index contributed by atoms with van der Waals surface area (Å²) in [6, 6.07) is 4.95. The molecule has 0 spiro atoms. The Morgan fingerprint density at radius 1 is 1.20 bits per heavy atom. The number of nitrogens with zero attached hydrogens (tertiary/aromatic N) is 4. The van der Waals surface area contributed by atoms with Gasteiger partial charge in [0.15, 0.2) is 23.6 Å². The minimum absolute atomic E-state index is 0.0549. The Morgan fingerprint density at radius 3 is 2.38 bits per heavy atom. The van der Waals surface area contributed by atoms with Gasteiger partial charge in [0.05, 0.1) is 16.6 Å². The second-order valence-corrected chi connectivity index (χ2v) is 8.23. The number of hydrogen-bond donors (Lipinski definition) is 2. The maximum Gasteiger partial charge on any atom is 0.425 e. The maximum absolute atomic E-state index is 14.6. The molecule has 40 heavy (non-hydrogen) atoms. The number of carbonyl (C=O) groups excluding carboxylic acids is 1. The molecule has 1 atom stereocenters. The van der Waals surface area contributed by atoms with Crippen molar-refractivity contribution in [1.29, 1.82) is 0 Å². The topological polar surface area (TPSA) is 125 Å². The van der Waals surface area contributed by atoms with E-state index in [0.29, 0.717) is 18.5 Å². The van der Waals surface area contributed by atoms with E-state index in [4.69, 9.17) is 14.6 Å². The summed E-state index contributed by atoms with van der Waals surface area (Å²) >= 11 is 0. The number of benzene rings is 2. The minimum Gasteiger partial charge on any atom is -0.480 e. The molecule has 1 unspecified atom stereocenters. The van der Waals surface area contributed by atoms with Crippen molar-refractivity contribution in [3.05, 3.63) is 53.7 Å². The number of hydrogen-bond acceptors (Lipinski definition) is 8. The predicted octanol–water partition coefficient (Wildman–Crippen LogP) is 4.55. The smallest absolute Gasteiger partial charge is 0.425 e. The standard InChI is InChI=1S/C25H23F5N4O6/c1-4-34(12-36)20(11-35)32-33(3)16-7-14-5-6-31-23(21(14)19(10-16)39-13(2)25(28,29)30)40-22-17(26)8-15(24(37)38)9-18(22)27/h5-10,12-13,35H,4,11H2,1-3H3,(H,37,38)/b32-20-. The number of aromatic carboxylic acids is 1. The van der Waals surface area contributed by atoms with E-state index in [0.717, 1.165) is 24.1 Å². The summed E-state index contributed by atoms with van der Waals surface area (Å²) in [5.41, 5.74) is -0.548. The first kappa shape index (κ1) is 30.0. The van der Waals surface area contributed by atoms with Gasteiger partial charge < -0.3 is 19.7 Å². The normalized spacial score (nSPS) is 12.7. The summed E-state index contributed by atoms with van der Waals surface area (Å²) < 4.78 is 79.9. The molecule has 2 aromatic carbocycles. The van der Waals surface area contributed by atoms with Crippen LogP contribution in [-0.4, -0.2) is 70.8 Å². The molecule has 1 aromatic heterocycles. The summed E-state index contributed by atoms with van der Waals surface area (Å²) in [5.74, 6) is -6.44. The molecule has 1 heterocycles. The second-order valence-electron chi connectivity index (χ2n) is 8.23. The molecule has 0 fully saturated rings. The molecule has 10 nitrogen and oxygen atoms in total. The second kappa shape index (κ2) is 12.1. The molecule has 0 aliphatic rings. The molecular weight excluding hydrogens is 547 g/mol. The first-order chi connectivity index (χ1) is 18.8. The predicted molar refractivity (Wildman–Crippen MR) is 133 cm³/mol. The fourth-order valence-electron chi connectivity index (χ4n) is 3.45. The van der Waals surface area contributed by atoms with Crippen molar-refractivity contribution in [2.45, 2.75) is 26.1 Å². The van der Waals surface area contributed by atoms with Crippen molar-refractivity contribution in [1.82, 2.24) is 9.88 Å². The van der Waals surface area contributed by atoms with Crippen LogP contribution in [0.15, 0.2) is 41.6 Å². The van der Waals surface area contributed by atoms with Gasteiger partial charge in [-0.25, -0.2) is 18.6 Å². The molecule has 2 N–H and O–H groups in total. The average molecular weight is 570 g/mol. The third kappa shape index (κ3) is 6.54. The van der Waals surface area contributed by atoms with E-state index in [2.05, 4.69) is 10.1 Å². The van der Waals surface area contributed by atoms with Crippen molar-refractivity contribution < 1.29 is 51.2 Å². The molecule has 3 rings (SSSR count). The number of carbonyl (C=O) groups is 2. The number of alkyl halides is 3. The lowest BCUT2D eigenvalue weighted by atomic mass is 10.1. The van der Waals surface area contributed by atoms with E-state index in [9.17, 15) is 36.6 Å². The van der Waals surface area contributed by atoms with Gasteiger partial charge in [-0.2, -0.15) is 18.3 Å². The van der Waals surface area contributed by atoms with E-state index >= 15 is 0 Å². The van der Waals surface area contributed by atoms with Crippen LogP contribution in [0.5, 0.6) is 17.4 Å². The SMILES string of the molecule is CCN(C=O)/C(CO)=N\N(C)c1cc(OC(C)C(F)(F)F)c2c(Oc3c(F)cc(C(=O)O)cc3F)nccc2c1. The molecule has 15 heteroatoms. The number of aliphatic hydroxyl groups is 1. The number of likely N-dealkylation sites (N-methyl/N-ethyl adjacent to an activating group) is 1. The molecule has 214 valence electrons. The fraction of sp³-hybridized carbons (Fsp3) is 0.280. The van der Waals surface area contributed by atoms with Crippen LogP contribution >= 0.6 is 0 Å². The number of rotatable bonds is 10. The highest BCUT2D eigenvalue weighted by Crippen LogP contribution is 2.41. The molecule has 0 aliphatic carbocycles. The summed E-state index contributed by atoms with van der Waals surface area (Å²) in [6.45, 7) is 1.93. The Hall–Kier alpha value is -4.53. The number of halogens is 5. The van der Waals surface area contributed by atoms with Gasteiger partial charge >= 0.3 is 12.1 Å². The molecule has 1 amide bonds. The number of ether oxygens (including phenoxy) is 2. The van der Waals surface area contributed by atoms with Crippen LogP contribution in [0.3, 0.4) is 0 Å². The van der Waals surface area contributed by atoms with E-state index in [-0.39, 0.29) is 28.8 Å². The van der Waals surface area contributed by atoms with Crippen molar-refractivity contribution in [2.75, 3.05) is 25.2 Å². The number of amides is 1. The maximum atomic E-state index is 14.6. The first-order valence-electron chi connectivity index (χ1n) is 11.5. The summed E-state index contributed by atoms with van der Waals surface area (Å²) in [4.78, 5) is 27.4. The highest BCUT2D eigenvalue weighted by Gasteiger charge is 2.38. The van der Waals surface area contributed by atoms with Gasteiger partial charge in [-0.3, -0.25) is 14.7 Å². The lowest BCUT2D eigenvalue weighted by Crippen LogP contribution is -2.34. The number of aliphatic hydroxyl groups excluding tert-OH is 1. The Labute approximate surface area is 223 Å². The average Bonchev–Trinajstić information content (AvgIpc) is 2.89. The Bertz CT molecular complexity index is 1430. The third-order valence-corrected chi connectivity index (χ3v) is 5.57. The fourth-order valence-corrected chi connectivity index (χ4v) is 3.45. The minimum atomic E-state index is -4.80. The van der Waals surface area contributed by atoms with Crippen LogP contribution in [0, 0.1) is 11.6 Å². The quantitative estimate of drug-likeness (QED) is 0.120. The van der Waals surface area contributed by atoms with E-state index in [1.807, 2.05) is 0 Å². The molecular formula is C25H23F5N4O6. The van der Waals surface area contributed by atoms with Crippen LogP contribution in [-0.2, 0) is 4.79 Å². The van der Waals surface area contributed by atoms with Crippen LogP contribution in [0.1, 0.15) is 24.2 Å². The first-order valence-corrected chi connectivity index (χ1v) is 11.5. The monoisotopic (exact) mass is 570 g/mol. The summed E-state index contributed by atoms with van der Waals surface area (Å²) in [6.07, 6.45) is -5.53. The molecule has 0 saturated carbocycles. The lowest BCUT2D eigenvalue weighted by Gasteiger charge is -2.23. The van der Waals surface area contributed by atoms with Gasteiger partial charge in [-0.05, 0) is 43.5 Å². The highest BCUT2D eigenvalue weighted by atomic mass is 19.4. The molecule has 0 radical (unpaired) electrons. The zero-order valence-electron chi connectivity index (χ0n) is 21.2. The van der Waals surface area contributed by atoms with Crippen LogP contribution < -0.4 is 14.5 Å². The molecule has 3 aromatic rings. The number of carboxylic acids is 1. The number of aromatic nitrogens is 1. The number of amidine groups is 1. The summed E-state index contributed by atoms with van der Waals surface area (Å²) in [5, 5.41) is 23.9. The largest absolute Gasteiger partial charge is 0.480 e. The van der Waals surface area contributed by atoms with Crippen LogP contribution in [0.25, 0.3) is 10.8 Å². The number of hydrazone groups is 1. The Balaban J connectivity index is 2.19. The van der Waals surface area contributed by atoms with Crippen LogP contribution in [0.2, 0.25) is 0 Å².